The van der Waals surface area contributed by atoms with Crippen LogP contribution in [0.15, 0.2) is 18.2 Å². The Balaban J connectivity index is 2.15. The molecule has 0 amide bonds. The van der Waals surface area contributed by atoms with E-state index in [1.807, 2.05) is 32.0 Å². The Hall–Kier alpha value is -2.01. The summed E-state index contributed by atoms with van der Waals surface area (Å²) in [5.74, 6) is 2.14. The summed E-state index contributed by atoms with van der Waals surface area (Å²) in [5.41, 5.74) is 2.98. The average Bonchev–Trinajstić information content (AvgIpc) is 2.51. The molecular weight excluding hydrogens is 290 g/mol. The zero-order valence-corrected chi connectivity index (χ0v) is 13.3. The summed E-state index contributed by atoms with van der Waals surface area (Å²) in [5, 5.41) is 11.7. The molecule has 1 aromatic carbocycles. The summed E-state index contributed by atoms with van der Waals surface area (Å²) in [6, 6.07) is 5.78. The Morgan fingerprint density at radius 1 is 1.05 bits per heavy atom. The van der Waals surface area contributed by atoms with Crippen molar-refractivity contribution in [1.82, 2.24) is 10.2 Å². The lowest BCUT2D eigenvalue weighted by atomic mass is 10.1. The maximum atomic E-state index is 5.94. The van der Waals surface area contributed by atoms with Crippen molar-refractivity contribution in [1.29, 1.82) is 0 Å². The smallest absolute Gasteiger partial charge is 0.161 e. The molecule has 0 bridgehead atoms. The molecule has 0 spiro atoms. The van der Waals surface area contributed by atoms with Crippen LogP contribution in [0.25, 0.3) is 0 Å². The highest BCUT2D eigenvalue weighted by Gasteiger charge is 2.09. The monoisotopic (exact) mass is 307 g/mol. The third kappa shape index (κ3) is 3.36. The molecule has 1 heterocycles. The van der Waals surface area contributed by atoms with Crippen molar-refractivity contribution in [3.63, 3.8) is 0 Å². The summed E-state index contributed by atoms with van der Waals surface area (Å²) in [6.07, 6.45) is 0. The van der Waals surface area contributed by atoms with Crippen LogP contribution in [-0.2, 0) is 6.54 Å². The number of nitrogens with zero attached hydrogens (tertiary/aromatic N) is 2. The Labute approximate surface area is 129 Å². The maximum Gasteiger partial charge on any atom is 0.161 e. The molecule has 0 unspecified atom stereocenters. The van der Waals surface area contributed by atoms with Gasteiger partial charge in [0.05, 0.1) is 14.2 Å². The van der Waals surface area contributed by atoms with Crippen LogP contribution in [0.3, 0.4) is 0 Å². The summed E-state index contributed by atoms with van der Waals surface area (Å²) >= 11 is 5.94. The molecule has 0 atom stereocenters. The molecule has 0 radical (unpaired) electrons. The first-order valence-corrected chi connectivity index (χ1v) is 6.88. The number of hydrogen-bond donors (Lipinski definition) is 1. The maximum absolute atomic E-state index is 5.94. The summed E-state index contributed by atoms with van der Waals surface area (Å²) < 4.78 is 10.5. The van der Waals surface area contributed by atoms with Gasteiger partial charge in [-0.25, -0.2) is 0 Å². The first-order chi connectivity index (χ1) is 10.1. The van der Waals surface area contributed by atoms with Crippen LogP contribution >= 0.6 is 11.6 Å². The quantitative estimate of drug-likeness (QED) is 0.917. The third-order valence-electron chi connectivity index (χ3n) is 3.37. The fourth-order valence-electron chi connectivity index (χ4n) is 1.92. The van der Waals surface area contributed by atoms with E-state index in [1.54, 1.807) is 14.2 Å². The standard InChI is InChI=1S/C15H18ClN3O2/c1-9-10(2)15(19-18-14(9)16)17-8-11-5-6-12(20-3)13(7-11)21-4/h5-7H,8H2,1-4H3,(H,17,19). The number of methoxy groups -OCH3 is 2. The highest BCUT2D eigenvalue weighted by Crippen LogP contribution is 2.28. The SMILES string of the molecule is COc1ccc(CNc2nnc(Cl)c(C)c2C)cc1OC. The second kappa shape index (κ2) is 6.63. The van der Waals surface area contributed by atoms with Crippen LogP contribution in [0, 0.1) is 13.8 Å². The number of rotatable bonds is 5. The van der Waals surface area contributed by atoms with Crippen molar-refractivity contribution < 1.29 is 9.47 Å². The van der Waals surface area contributed by atoms with E-state index in [2.05, 4.69) is 15.5 Å². The Kier molecular flexibility index (Phi) is 4.85. The first kappa shape index (κ1) is 15.4. The van der Waals surface area contributed by atoms with E-state index in [0.717, 1.165) is 22.5 Å². The van der Waals surface area contributed by atoms with Crippen LogP contribution in [0.5, 0.6) is 11.5 Å². The van der Waals surface area contributed by atoms with Gasteiger partial charge >= 0.3 is 0 Å². The summed E-state index contributed by atoms with van der Waals surface area (Å²) in [6.45, 7) is 4.50. The first-order valence-electron chi connectivity index (χ1n) is 6.51. The topological polar surface area (TPSA) is 56.3 Å². The lowest BCUT2D eigenvalue weighted by molar-refractivity contribution is 0.354. The highest BCUT2D eigenvalue weighted by molar-refractivity contribution is 6.30. The number of nitrogens with one attached hydrogen (secondary N) is 1. The molecule has 0 saturated heterocycles. The second-order valence-corrected chi connectivity index (χ2v) is 4.99. The fourth-order valence-corrected chi connectivity index (χ4v) is 2.10. The summed E-state index contributed by atoms with van der Waals surface area (Å²) in [4.78, 5) is 0. The van der Waals surface area contributed by atoms with Gasteiger partial charge in [0, 0.05) is 6.54 Å². The molecule has 6 heteroatoms. The van der Waals surface area contributed by atoms with Crippen molar-refractivity contribution in [2.45, 2.75) is 20.4 Å². The van der Waals surface area contributed by atoms with Crippen molar-refractivity contribution in [3.05, 3.63) is 40.0 Å². The highest BCUT2D eigenvalue weighted by atomic mass is 35.5. The molecule has 0 aliphatic heterocycles. The van der Waals surface area contributed by atoms with Crippen LogP contribution in [-0.4, -0.2) is 24.4 Å². The predicted molar refractivity (Wildman–Crippen MR) is 83.4 cm³/mol. The molecule has 1 N–H and O–H groups in total. The third-order valence-corrected chi connectivity index (χ3v) is 3.73. The van der Waals surface area contributed by atoms with Gasteiger partial charge in [0.1, 0.15) is 0 Å². The van der Waals surface area contributed by atoms with Crippen LogP contribution in [0.4, 0.5) is 5.82 Å². The molecule has 5 nitrogen and oxygen atoms in total. The van der Waals surface area contributed by atoms with Crippen LogP contribution < -0.4 is 14.8 Å². The van der Waals surface area contributed by atoms with Crippen molar-refractivity contribution in [2.75, 3.05) is 19.5 Å². The van der Waals surface area contributed by atoms with Gasteiger partial charge in [-0.3, -0.25) is 0 Å². The number of benzene rings is 1. The molecule has 21 heavy (non-hydrogen) atoms. The van der Waals surface area contributed by atoms with Gasteiger partial charge in [0.25, 0.3) is 0 Å². The number of anilines is 1. The molecule has 0 aliphatic carbocycles. The van der Waals surface area contributed by atoms with E-state index in [-0.39, 0.29) is 0 Å². The number of hydrogen-bond acceptors (Lipinski definition) is 5. The molecule has 0 aliphatic rings. The second-order valence-electron chi connectivity index (χ2n) is 4.63. The Morgan fingerprint density at radius 2 is 1.76 bits per heavy atom. The normalized spacial score (nSPS) is 10.3. The van der Waals surface area contributed by atoms with Crippen molar-refractivity contribution >= 4 is 17.4 Å². The van der Waals surface area contributed by atoms with Gasteiger partial charge in [0.2, 0.25) is 0 Å². The van der Waals surface area contributed by atoms with Gasteiger partial charge in [-0.1, -0.05) is 17.7 Å². The zero-order valence-electron chi connectivity index (χ0n) is 12.5. The van der Waals surface area contributed by atoms with E-state index < -0.39 is 0 Å². The number of ether oxygens (including phenoxy) is 2. The van der Waals surface area contributed by atoms with E-state index in [9.17, 15) is 0 Å². The molecule has 0 saturated carbocycles. The molecule has 1 aromatic heterocycles. The van der Waals surface area contributed by atoms with E-state index in [1.165, 1.54) is 0 Å². The molecule has 2 rings (SSSR count). The molecular formula is C15H18ClN3O2. The van der Waals surface area contributed by atoms with Crippen LogP contribution in [0.2, 0.25) is 5.15 Å². The minimum Gasteiger partial charge on any atom is -0.493 e. The van der Waals surface area contributed by atoms with Gasteiger partial charge in [-0.15, -0.1) is 10.2 Å². The molecule has 0 fully saturated rings. The predicted octanol–water partition coefficient (Wildman–Crippen LogP) is 3.38. The average molecular weight is 308 g/mol. The van der Waals surface area contributed by atoms with E-state index in [0.29, 0.717) is 23.2 Å². The number of aromatic nitrogens is 2. The summed E-state index contributed by atoms with van der Waals surface area (Å²) in [7, 11) is 3.23. The minimum atomic E-state index is 0.434. The minimum absolute atomic E-state index is 0.434. The van der Waals surface area contributed by atoms with Crippen molar-refractivity contribution in [3.8, 4) is 11.5 Å². The lowest BCUT2D eigenvalue weighted by Gasteiger charge is -2.12. The lowest BCUT2D eigenvalue weighted by Crippen LogP contribution is -2.06. The fraction of sp³-hybridized carbons (Fsp3) is 0.333. The largest absolute Gasteiger partial charge is 0.493 e. The van der Waals surface area contributed by atoms with Crippen LogP contribution in [0.1, 0.15) is 16.7 Å². The van der Waals surface area contributed by atoms with Gasteiger partial charge < -0.3 is 14.8 Å². The molecule has 112 valence electrons. The van der Waals surface area contributed by atoms with E-state index >= 15 is 0 Å². The van der Waals surface area contributed by atoms with Gasteiger partial charge in [-0.05, 0) is 42.7 Å². The van der Waals surface area contributed by atoms with Crippen molar-refractivity contribution in [2.24, 2.45) is 0 Å². The Bertz CT molecular complexity index is 647. The van der Waals surface area contributed by atoms with Gasteiger partial charge in [0.15, 0.2) is 22.5 Å². The number of halogens is 1. The molecule has 2 aromatic rings. The zero-order chi connectivity index (χ0) is 15.4. The van der Waals surface area contributed by atoms with E-state index in [4.69, 9.17) is 21.1 Å². The Morgan fingerprint density at radius 3 is 2.43 bits per heavy atom. The van der Waals surface area contributed by atoms with Gasteiger partial charge in [-0.2, -0.15) is 0 Å².